The molecular formula is C12H24N2O2S. The first-order chi connectivity index (χ1) is 7.87. The SMILES string of the molecule is CC(C)N1C2CCC[C@@H]1CC(NS(C)(=O)=O)C2. The molecule has 4 nitrogen and oxygen atoms in total. The van der Waals surface area contributed by atoms with Gasteiger partial charge < -0.3 is 0 Å². The van der Waals surface area contributed by atoms with E-state index in [0.717, 1.165) is 12.8 Å². The standard InChI is InChI=1S/C12H24N2O2S/c1-9(2)14-11-5-4-6-12(14)8-10(7-11)13-17(3,15)16/h9-13H,4-8H2,1-3H3/t10?,11-,12?/m1/s1. The lowest BCUT2D eigenvalue weighted by Gasteiger charge is -2.51. The second-order valence-corrected chi connectivity index (χ2v) is 7.62. The van der Waals surface area contributed by atoms with E-state index in [0.29, 0.717) is 18.1 Å². The molecule has 5 heteroatoms. The van der Waals surface area contributed by atoms with Crippen LogP contribution < -0.4 is 4.72 Å². The van der Waals surface area contributed by atoms with Gasteiger partial charge in [-0.3, -0.25) is 4.90 Å². The van der Waals surface area contributed by atoms with E-state index in [1.165, 1.54) is 25.5 Å². The molecule has 0 aliphatic carbocycles. The summed E-state index contributed by atoms with van der Waals surface area (Å²) in [5.41, 5.74) is 0. The topological polar surface area (TPSA) is 49.4 Å². The van der Waals surface area contributed by atoms with Gasteiger partial charge in [-0.15, -0.1) is 0 Å². The normalized spacial score (nSPS) is 35.2. The zero-order valence-corrected chi connectivity index (χ0v) is 11.8. The number of sulfonamides is 1. The Labute approximate surface area is 105 Å². The van der Waals surface area contributed by atoms with Crippen LogP contribution in [0.5, 0.6) is 0 Å². The molecule has 0 spiro atoms. The first-order valence-corrected chi connectivity index (χ1v) is 8.50. The quantitative estimate of drug-likeness (QED) is 0.833. The van der Waals surface area contributed by atoms with Crippen LogP contribution in [0, 0.1) is 0 Å². The van der Waals surface area contributed by atoms with Crippen molar-refractivity contribution in [3.05, 3.63) is 0 Å². The van der Waals surface area contributed by atoms with E-state index >= 15 is 0 Å². The molecule has 2 aliphatic rings. The Kier molecular flexibility index (Phi) is 3.80. The highest BCUT2D eigenvalue weighted by molar-refractivity contribution is 7.88. The van der Waals surface area contributed by atoms with Crippen molar-refractivity contribution in [3.63, 3.8) is 0 Å². The molecule has 0 amide bonds. The van der Waals surface area contributed by atoms with Gasteiger partial charge in [0.2, 0.25) is 10.0 Å². The molecule has 1 N–H and O–H groups in total. The van der Waals surface area contributed by atoms with Crippen LogP contribution >= 0.6 is 0 Å². The molecule has 2 unspecified atom stereocenters. The van der Waals surface area contributed by atoms with Crippen LogP contribution in [0.2, 0.25) is 0 Å². The van der Waals surface area contributed by atoms with E-state index in [9.17, 15) is 8.42 Å². The van der Waals surface area contributed by atoms with Crippen LogP contribution in [-0.4, -0.2) is 43.7 Å². The minimum Gasteiger partial charge on any atom is -0.295 e. The second kappa shape index (κ2) is 4.86. The first-order valence-electron chi connectivity index (χ1n) is 6.61. The van der Waals surface area contributed by atoms with Crippen LogP contribution in [0.25, 0.3) is 0 Å². The Balaban J connectivity index is 2.06. The Morgan fingerprint density at radius 1 is 1.18 bits per heavy atom. The number of piperidine rings is 2. The van der Waals surface area contributed by atoms with E-state index in [2.05, 4.69) is 23.5 Å². The average molecular weight is 260 g/mol. The van der Waals surface area contributed by atoms with Gasteiger partial charge in [-0.1, -0.05) is 6.42 Å². The summed E-state index contributed by atoms with van der Waals surface area (Å²) in [5, 5.41) is 0. The third-order valence-corrected chi connectivity index (χ3v) is 4.77. The van der Waals surface area contributed by atoms with Gasteiger partial charge in [-0.2, -0.15) is 0 Å². The lowest BCUT2D eigenvalue weighted by Crippen LogP contribution is -2.58. The molecule has 2 aliphatic heterocycles. The van der Waals surface area contributed by atoms with E-state index in [1.807, 2.05) is 0 Å². The highest BCUT2D eigenvalue weighted by atomic mass is 32.2. The highest BCUT2D eigenvalue weighted by Crippen LogP contribution is 2.35. The lowest BCUT2D eigenvalue weighted by atomic mass is 9.81. The fourth-order valence-corrected chi connectivity index (χ4v) is 4.46. The van der Waals surface area contributed by atoms with E-state index in [4.69, 9.17) is 0 Å². The summed E-state index contributed by atoms with van der Waals surface area (Å²) in [6.45, 7) is 4.49. The smallest absolute Gasteiger partial charge is 0.208 e. The molecule has 0 radical (unpaired) electrons. The maximum atomic E-state index is 11.3. The van der Waals surface area contributed by atoms with Crippen LogP contribution in [0.1, 0.15) is 46.0 Å². The Bertz CT molecular complexity index is 353. The van der Waals surface area contributed by atoms with Gasteiger partial charge >= 0.3 is 0 Å². The third kappa shape index (κ3) is 3.20. The Hall–Kier alpha value is -0.130. The summed E-state index contributed by atoms with van der Waals surface area (Å²) in [5.74, 6) is 0. The van der Waals surface area contributed by atoms with Crippen LogP contribution in [0.4, 0.5) is 0 Å². The summed E-state index contributed by atoms with van der Waals surface area (Å²) in [6.07, 6.45) is 6.94. The van der Waals surface area contributed by atoms with Crippen molar-refractivity contribution in [2.75, 3.05) is 6.26 Å². The summed E-state index contributed by atoms with van der Waals surface area (Å²) in [6, 6.07) is 1.86. The molecule has 17 heavy (non-hydrogen) atoms. The average Bonchev–Trinajstić information content (AvgIpc) is 2.12. The van der Waals surface area contributed by atoms with Crippen molar-refractivity contribution in [3.8, 4) is 0 Å². The largest absolute Gasteiger partial charge is 0.295 e. The fraction of sp³-hybridized carbons (Fsp3) is 1.00. The maximum absolute atomic E-state index is 11.3. The molecular weight excluding hydrogens is 236 g/mol. The predicted octanol–water partition coefficient (Wildman–Crippen LogP) is 1.33. The fourth-order valence-electron chi connectivity index (χ4n) is 3.66. The molecule has 2 fully saturated rings. The van der Waals surface area contributed by atoms with Gasteiger partial charge in [0.25, 0.3) is 0 Å². The Morgan fingerprint density at radius 2 is 1.71 bits per heavy atom. The minimum atomic E-state index is -3.06. The number of hydrogen-bond acceptors (Lipinski definition) is 3. The van der Waals surface area contributed by atoms with Gasteiger partial charge in [0.15, 0.2) is 0 Å². The summed E-state index contributed by atoms with van der Waals surface area (Å²) in [4.78, 5) is 2.60. The molecule has 3 atom stereocenters. The number of nitrogens with one attached hydrogen (secondary N) is 1. The molecule has 0 aromatic heterocycles. The van der Waals surface area contributed by atoms with Crippen molar-refractivity contribution in [2.45, 2.75) is 70.1 Å². The molecule has 2 bridgehead atoms. The lowest BCUT2D eigenvalue weighted by molar-refractivity contribution is 0.00378. The van der Waals surface area contributed by atoms with E-state index < -0.39 is 10.0 Å². The molecule has 0 aromatic rings. The van der Waals surface area contributed by atoms with Crippen LogP contribution in [0.15, 0.2) is 0 Å². The summed E-state index contributed by atoms with van der Waals surface area (Å²) in [7, 11) is -3.06. The van der Waals surface area contributed by atoms with Gasteiger partial charge in [-0.25, -0.2) is 13.1 Å². The predicted molar refractivity (Wildman–Crippen MR) is 69.4 cm³/mol. The van der Waals surface area contributed by atoms with Gasteiger partial charge in [-0.05, 0) is 39.5 Å². The van der Waals surface area contributed by atoms with E-state index in [-0.39, 0.29) is 6.04 Å². The van der Waals surface area contributed by atoms with Crippen LogP contribution in [0.3, 0.4) is 0 Å². The number of fused-ring (bicyclic) bond motifs is 2. The van der Waals surface area contributed by atoms with Crippen LogP contribution in [-0.2, 0) is 10.0 Å². The van der Waals surface area contributed by atoms with Crippen molar-refractivity contribution in [2.24, 2.45) is 0 Å². The Morgan fingerprint density at radius 3 is 2.12 bits per heavy atom. The number of nitrogens with zero attached hydrogens (tertiary/aromatic N) is 1. The second-order valence-electron chi connectivity index (χ2n) is 5.84. The molecule has 0 saturated carbocycles. The molecule has 100 valence electrons. The molecule has 2 saturated heterocycles. The third-order valence-electron chi connectivity index (χ3n) is 4.01. The summed E-state index contributed by atoms with van der Waals surface area (Å²) >= 11 is 0. The van der Waals surface area contributed by atoms with Gasteiger partial charge in [0.05, 0.1) is 6.26 Å². The first kappa shape index (κ1) is 13.3. The van der Waals surface area contributed by atoms with Crippen molar-refractivity contribution >= 4 is 10.0 Å². The molecule has 2 rings (SSSR count). The minimum absolute atomic E-state index is 0.148. The monoisotopic (exact) mass is 260 g/mol. The molecule has 2 heterocycles. The highest BCUT2D eigenvalue weighted by Gasteiger charge is 2.39. The number of hydrogen-bond donors (Lipinski definition) is 1. The molecule has 0 aromatic carbocycles. The zero-order valence-electron chi connectivity index (χ0n) is 11.0. The van der Waals surface area contributed by atoms with Gasteiger partial charge in [0, 0.05) is 24.2 Å². The zero-order chi connectivity index (χ0) is 12.6. The van der Waals surface area contributed by atoms with E-state index in [1.54, 1.807) is 0 Å². The van der Waals surface area contributed by atoms with Crippen molar-refractivity contribution in [1.82, 2.24) is 9.62 Å². The van der Waals surface area contributed by atoms with Crippen molar-refractivity contribution in [1.29, 1.82) is 0 Å². The van der Waals surface area contributed by atoms with Gasteiger partial charge in [0.1, 0.15) is 0 Å². The number of rotatable bonds is 3. The summed E-state index contributed by atoms with van der Waals surface area (Å²) < 4.78 is 25.4. The maximum Gasteiger partial charge on any atom is 0.208 e. The van der Waals surface area contributed by atoms with Crippen molar-refractivity contribution < 1.29 is 8.42 Å².